The number of carbonyl (C=O) groups excluding carboxylic acids is 1. The molecule has 2 rings (SSSR count). The first-order chi connectivity index (χ1) is 12.1. The molecule has 0 bridgehead atoms. The van der Waals surface area contributed by atoms with Crippen LogP contribution >= 0.6 is 0 Å². The number of nitrogens with one attached hydrogen (secondary N) is 1. The van der Waals surface area contributed by atoms with Gasteiger partial charge in [-0.2, -0.15) is 0 Å². The van der Waals surface area contributed by atoms with E-state index in [1.165, 1.54) is 0 Å². The zero-order valence-electron chi connectivity index (χ0n) is 16.7. The van der Waals surface area contributed by atoms with Gasteiger partial charge in [-0.25, -0.2) is 9.78 Å². The van der Waals surface area contributed by atoms with Gasteiger partial charge in [-0.15, -0.1) is 0 Å². The first kappa shape index (κ1) is 20.2. The maximum absolute atomic E-state index is 12.8. The van der Waals surface area contributed by atoms with Gasteiger partial charge < -0.3 is 19.7 Å². The molecule has 2 heterocycles. The topological polar surface area (TPSA) is 78.5 Å². The lowest BCUT2D eigenvalue weighted by Crippen LogP contribution is -2.52. The number of amides is 1. The standard InChI is InChI=1S/C20H31N3O3/c1-7-12-23(18(24)26-19(4,5)6)14(3)20(25,8-2)16-13-22-17-15(16)10-9-11-21-17/h9-11,13-14,25H,7-8,12H2,1-6H3,(H,21,22). The minimum absolute atomic E-state index is 0.406. The van der Waals surface area contributed by atoms with Crippen LogP contribution in [0.1, 0.15) is 59.9 Å². The Morgan fingerprint density at radius 2 is 2.08 bits per heavy atom. The summed E-state index contributed by atoms with van der Waals surface area (Å²) in [7, 11) is 0. The van der Waals surface area contributed by atoms with Crippen molar-refractivity contribution in [3.8, 4) is 0 Å². The highest BCUT2D eigenvalue weighted by molar-refractivity contribution is 5.81. The van der Waals surface area contributed by atoms with E-state index in [1.54, 1.807) is 17.3 Å². The molecule has 2 aromatic heterocycles. The van der Waals surface area contributed by atoms with Crippen LogP contribution in [-0.4, -0.2) is 44.3 Å². The second-order valence-electron chi connectivity index (χ2n) is 7.73. The highest BCUT2D eigenvalue weighted by Gasteiger charge is 2.42. The first-order valence-electron chi connectivity index (χ1n) is 9.28. The van der Waals surface area contributed by atoms with Crippen LogP contribution in [-0.2, 0) is 10.3 Å². The molecule has 2 unspecified atom stereocenters. The molecule has 0 spiro atoms. The second-order valence-corrected chi connectivity index (χ2v) is 7.73. The highest BCUT2D eigenvalue weighted by atomic mass is 16.6. The lowest BCUT2D eigenvalue weighted by molar-refractivity contribution is -0.0568. The number of rotatable bonds is 6. The number of nitrogens with zero attached hydrogens (tertiary/aromatic N) is 2. The maximum Gasteiger partial charge on any atom is 0.410 e. The summed E-state index contributed by atoms with van der Waals surface area (Å²) in [6, 6.07) is 3.32. The van der Waals surface area contributed by atoms with E-state index in [4.69, 9.17) is 4.74 Å². The maximum atomic E-state index is 12.8. The number of hydrogen-bond acceptors (Lipinski definition) is 4. The van der Waals surface area contributed by atoms with E-state index in [2.05, 4.69) is 9.97 Å². The third-order valence-electron chi connectivity index (χ3n) is 4.71. The van der Waals surface area contributed by atoms with Crippen LogP contribution in [0.5, 0.6) is 0 Å². The largest absolute Gasteiger partial charge is 0.444 e. The smallest absolute Gasteiger partial charge is 0.410 e. The molecular formula is C20H31N3O3. The van der Waals surface area contributed by atoms with E-state index in [0.717, 1.165) is 23.0 Å². The van der Waals surface area contributed by atoms with E-state index in [9.17, 15) is 9.90 Å². The van der Waals surface area contributed by atoms with E-state index < -0.39 is 23.3 Å². The van der Waals surface area contributed by atoms with Gasteiger partial charge in [-0.05, 0) is 52.7 Å². The summed E-state index contributed by atoms with van der Waals surface area (Å²) in [6.45, 7) is 11.8. The number of ether oxygens (including phenoxy) is 1. The minimum Gasteiger partial charge on any atom is -0.444 e. The molecule has 1 amide bonds. The molecule has 6 heteroatoms. The van der Waals surface area contributed by atoms with Gasteiger partial charge in [0.05, 0.1) is 6.04 Å². The summed E-state index contributed by atoms with van der Waals surface area (Å²) >= 11 is 0. The summed E-state index contributed by atoms with van der Waals surface area (Å²) in [4.78, 5) is 21.8. The van der Waals surface area contributed by atoms with Crippen molar-refractivity contribution in [2.45, 2.75) is 71.6 Å². The van der Waals surface area contributed by atoms with Gasteiger partial charge in [0, 0.05) is 29.9 Å². The fourth-order valence-electron chi connectivity index (χ4n) is 3.29. The molecule has 2 N–H and O–H groups in total. The summed E-state index contributed by atoms with van der Waals surface area (Å²) in [5.41, 5.74) is -0.327. The van der Waals surface area contributed by atoms with Gasteiger partial charge in [0.15, 0.2) is 0 Å². The Kier molecular flexibility index (Phi) is 5.96. The number of aromatic amines is 1. The Morgan fingerprint density at radius 3 is 2.65 bits per heavy atom. The molecule has 0 aliphatic rings. The number of aromatic nitrogens is 2. The molecule has 26 heavy (non-hydrogen) atoms. The zero-order valence-corrected chi connectivity index (χ0v) is 16.7. The van der Waals surface area contributed by atoms with Gasteiger partial charge in [0.2, 0.25) is 0 Å². The fourth-order valence-corrected chi connectivity index (χ4v) is 3.29. The summed E-state index contributed by atoms with van der Waals surface area (Å²) < 4.78 is 5.57. The van der Waals surface area contributed by atoms with Crippen LogP contribution in [0, 0.1) is 0 Å². The van der Waals surface area contributed by atoms with Crippen LogP contribution in [0.3, 0.4) is 0 Å². The average molecular weight is 361 g/mol. The average Bonchev–Trinajstić information content (AvgIpc) is 3.01. The van der Waals surface area contributed by atoms with Crippen LogP contribution in [0.25, 0.3) is 11.0 Å². The van der Waals surface area contributed by atoms with Crippen molar-refractivity contribution in [3.05, 3.63) is 30.1 Å². The highest BCUT2D eigenvalue weighted by Crippen LogP contribution is 2.36. The fraction of sp³-hybridized carbons (Fsp3) is 0.600. The molecule has 2 atom stereocenters. The lowest BCUT2D eigenvalue weighted by atomic mass is 9.84. The monoisotopic (exact) mass is 361 g/mol. The Balaban J connectivity index is 2.43. The molecule has 0 radical (unpaired) electrons. The van der Waals surface area contributed by atoms with E-state index in [0.29, 0.717) is 13.0 Å². The molecule has 2 aromatic rings. The number of carbonyl (C=O) groups is 1. The predicted molar refractivity (Wildman–Crippen MR) is 103 cm³/mol. The van der Waals surface area contributed by atoms with Crippen molar-refractivity contribution >= 4 is 17.1 Å². The van der Waals surface area contributed by atoms with E-state index in [1.807, 2.05) is 53.7 Å². The van der Waals surface area contributed by atoms with E-state index in [-0.39, 0.29) is 0 Å². The number of pyridine rings is 1. The lowest BCUT2D eigenvalue weighted by Gasteiger charge is -2.41. The molecule has 0 saturated carbocycles. The predicted octanol–water partition coefficient (Wildman–Crippen LogP) is 4.20. The Hall–Kier alpha value is -2.08. The van der Waals surface area contributed by atoms with Crippen molar-refractivity contribution in [2.75, 3.05) is 6.54 Å². The van der Waals surface area contributed by atoms with Crippen molar-refractivity contribution in [1.82, 2.24) is 14.9 Å². The van der Waals surface area contributed by atoms with Crippen LogP contribution in [0.15, 0.2) is 24.5 Å². The van der Waals surface area contributed by atoms with Crippen molar-refractivity contribution in [2.24, 2.45) is 0 Å². The normalized spacial score (nSPS) is 15.5. The quantitative estimate of drug-likeness (QED) is 0.808. The van der Waals surface area contributed by atoms with Crippen molar-refractivity contribution < 1.29 is 14.6 Å². The summed E-state index contributed by atoms with van der Waals surface area (Å²) in [5, 5.41) is 12.5. The molecular weight excluding hydrogens is 330 g/mol. The molecule has 0 aliphatic carbocycles. The summed E-state index contributed by atoms with van der Waals surface area (Å²) in [6.07, 6.45) is 4.33. The van der Waals surface area contributed by atoms with Crippen LogP contribution in [0.4, 0.5) is 4.79 Å². The Bertz CT molecular complexity index is 750. The Morgan fingerprint density at radius 1 is 1.38 bits per heavy atom. The third-order valence-corrected chi connectivity index (χ3v) is 4.71. The number of aliphatic hydroxyl groups is 1. The molecule has 0 aromatic carbocycles. The van der Waals surface area contributed by atoms with Crippen LogP contribution in [0.2, 0.25) is 0 Å². The number of fused-ring (bicyclic) bond motifs is 1. The van der Waals surface area contributed by atoms with E-state index >= 15 is 0 Å². The van der Waals surface area contributed by atoms with Gasteiger partial charge in [0.1, 0.15) is 16.8 Å². The third kappa shape index (κ3) is 4.01. The molecule has 6 nitrogen and oxygen atoms in total. The second kappa shape index (κ2) is 7.66. The van der Waals surface area contributed by atoms with Gasteiger partial charge in [0.25, 0.3) is 0 Å². The Labute approximate surface area is 155 Å². The molecule has 0 saturated heterocycles. The number of hydrogen-bond donors (Lipinski definition) is 2. The van der Waals surface area contributed by atoms with Gasteiger partial charge in [-0.3, -0.25) is 0 Å². The van der Waals surface area contributed by atoms with Crippen molar-refractivity contribution in [1.29, 1.82) is 0 Å². The number of H-pyrrole nitrogens is 1. The van der Waals surface area contributed by atoms with Crippen LogP contribution < -0.4 is 0 Å². The summed E-state index contributed by atoms with van der Waals surface area (Å²) in [5.74, 6) is 0. The molecule has 0 fully saturated rings. The first-order valence-corrected chi connectivity index (χ1v) is 9.28. The SMILES string of the molecule is CCCN(C(=O)OC(C)(C)C)C(C)C(O)(CC)c1c[nH]c2ncccc12. The minimum atomic E-state index is -1.21. The molecule has 144 valence electrons. The van der Waals surface area contributed by atoms with Crippen molar-refractivity contribution in [3.63, 3.8) is 0 Å². The van der Waals surface area contributed by atoms with Gasteiger partial charge >= 0.3 is 6.09 Å². The van der Waals surface area contributed by atoms with Gasteiger partial charge in [-0.1, -0.05) is 13.8 Å². The molecule has 0 aliphatic heterocycles. The zero-order chi connectivity index (χ0) is 19.5.